The molecule has 11 unspecified atom stereocenters. The minimum atomic E-state index is -1.37. The third kappa shape index (κ3) is 4.44. The van der Waals surface area contributed by atoms with Crippen molar-refractivity contribution in [3.05, 3.63) is 11.6 Å². The van der Waals surface area contributed by atoms with Gasteiger partial charge in [-0.15, -0.1) is 0 Å². The smallest absolute Gasteiger partial charge is 0.159 e. The summed E-state index contributed by atoms with van der Waals surface area (Å²) in [6.45, 7) is 9.21. The molecule has 0 aromatic heterocycles. The number of aliphatic hydroxyl groups is 6. The van der Waals surface area contributed by atoms with E-state index in [0.717, 1.165) is 12.0 Å². The molecule has 0 amide bonds. The number of fused-ring (bicyclic) bond motifs is 5. The van der Waals surface area contributed by atoms with Crippen LogP contribution in [0.4, 0.5) is 0 Å². The molecule has 0 aromatic carbocycles. The molecule has 7 heteroatoms. The molecule has 35 heavy (non-hydrogen) atoms. The van der Waals surface area contributed by atoms with E-state index in [9.17, 15) is 35.4 Å². The number of aliphatic hydroxyl groups excluding tert-OH is 4. The topological polar surface area (TPSA) is 138 Å². The molecular formula is C28H46O7. The molecule has 0 bridgehead atoms. The van der Waals surface area contributed by atoms with Gasteiger partial charge in [-0.1, -0.05) is 19.4 Å². The highest BCUT2D eigenvalue weighted by molar-refractivity contribution is 5.94. The summed E-state index contributed by atoms with van der Waals surface area (Å²) in [6, 6.07) is 0. The number of ketones is 1. The Morgan fingerprint density at radius 2 is 1.60 bits per heavy atom. The van der Waals surface area contributed by atoms with Gasteiger partial charge in [0.2, 0.25) is 0 Å². The lowest BCUT2D eigenvalue weighted by Gasteiger charge is -2.59. The molecule has 0 radical (unpaired) electrons. The number of carbonyl (C=O) groups is 1. The first kappa shape index (κ1) is 27.2. The van der Waals surface area contributed by atoms with Crippen molar-refractivity contribution >= 4 is 5.78 Å². The Kier molecular flexibility index (Phi) is 6.91. The number of rotatable bonds is 6. The van der Waals surface area contributed by atoms with E-state index in [1.165, 1.54) is 0 Å². The molecule has 0 saturated heterocycles. The molecule has 6 N–H and O–H groups in total. The number of carbonyl (C=O) groups excluding carboxylic acids is 1. The molecule has 7 nitrogen and oxygen atoms in total. The van der Waals surface area contributed by atoms with Gasteiger partial charge in [0.15, 0.2) is 5.78 Å². The van der Waals surface area contributed by atoms with Gasteiger partial charge in [0.25, 0.3) is 0 Å². The maximum absolute atomic E-state index is 13.3. The zero-order chi connectivity index (χ0) is 26.1. The fourth-order valence-electron chi connectivity index (χ4n) is 8.74. The minimum Gasteiger partial charge on any atom is -0.392 e. The van der Waals surface area contributed by atoms with Crippen molar-refractivity contribution in [2.75, 3.05) is 0 Å². The summed E-state index contributed by atoms with van der Waals surface area (Å²) in [4.78, 5) is 13.3. The van der Waals surface area contributed by atoms with Gasteiger partial charge in [0.1, 0.15) is 0 Å². The van der Waals surface area contributed by atoms with E-state index in [-0.39, 0.29) is 36.4 Å². The Morgan fingerprint density at radius 3 is 2.23 bits per heavy atom. The Bertz CT molecular complexity index is 860. The largest absolute Gasteiger partial charge is 0.392 e. The number of allylic oxidation sites excluding steroid dienone is 1. The van der Waals surface area contributed by atoms with Crippen LogP contribution >= 0.6 is 0 Å². The van der Waals surface area contributed by atoms with Crippen LogP contribution in [0.25, 0.3) is 0 Å². The number of hydrogen-bond acceptors (Lipinski definition) is 7. The van der Waals surface area contributed by atoms with Gasteiger partial charge in [-0.2, -0.15) is 0 Å². The molecule has 4 rings (SSSR count). The summed E-state index contributed by atoms with van der Waals surface area (Å²) >= 11 is 0. The van der Waals surface area contributed by atoms with Crippen molar-refractivity contribution in [2.24, 2.45) is 34.5 Å². The summed E-state index contributed by atoms with van der Waals surface area (Å²) in [7, 11) is 0. The van der Waals surface area contributed by atoms with Gasteiger partial charge in [-0.3, -0.25) is 4.79 Å². The van der Waals surface area contributed by atoms with E-state index < -0.39 is 52.4 Å². The van der Waals surface area contributed by atoms with Gasteiger partial charge < -0.3 is 30.6 Å². The van der Waals surface area contributed by atoms with Crippen LogP contribution in [0.3, 0.4) is 0 Å². The van der Waals surface area contributed by atoms with Crippen LogP contribution in [-0.2, 0) is 4.79 Å². The van der Waals surface area contributed by atoms with Crippen LogP contribution in [0, 0.1) is 34.5 Å². The highest BCUT2D eigenvalue weighted by atomic mass is 16.3. The maximum Gasteiger partial charge on any atom is 0.159 e. The lowest BCUT2D eigenvalue weighted by Crippen LogP contribution is -2.61. The molecule has 0 aromatic rings. The minimum absolute atomic E-state index is 0.00154. The molecule has 0 heterocycles. The van der Waals surface area contributed by atoms with Gasteiger partial charge in [-0.05, 0) is 101 Å². The van der Waals surface area contributed by atoms with E-state index in [2.05, 4.69) is 6.92 Å². The fourth-order valence-corrected chi connectivity index (χ4v) is 8.74. The van der Waals surface area contributed by atoms with Crippen molar-refractivity contribution in [1.82, 2.24) is 0 Å². The lowest BCUT2D eigenvalue weighted by atomic mass is 9.46. The van der Waals surface area contributed by atoms with Crippen LogP contribution in [0.15, 0.2) is 11.6 Å². The first-order valence-electron chi connectivity index (χ1n) is 13.4. The highest BCUT2D eigenvalue weighted by Gasteiger charge is 2.65. The Labute approximate surface area is 209 Å². The zero-order valence-electron chi connectivity index (χ0n) is 21.9. The molecule has 200 valence electrons. The van der Waals surface area contributed by atoms with Crippen molar-refractivity contribution in [1.29, 1.82) is 0 Å². The van der Waals surface area contributed by atoms with Gasteiger partial charge in [-0.25, -0.2) is 0 Å². The number of hydrogen-bond donors (Lipinski definition) is 6. The molecular weight excluding hydrogens is 448 g/mol. The molecule has 11 atom stereocenters. The predicted octanol–water partition coefficient (Wildman–Crippen LogP) is 2.10. The third-order valence-electron chi connectivity index (χ3n) is 10.5. The second kappa shape index (κ2) is 8.88. The van der Waals surface area contributed by atoms with Crippen molar-refractivity contribution in [2.45, 2.75) is 122 Å². The van der Waals surface area contributed by atoms with Gasteiger partial charge >= 0.3 is 0 Å². The molecule has 0 spiro atoms. The molecule has 0 aliphatic heterocycles. The van der Waals surface area contributed by atoms with E-state index >= 15 is 0 Å². The first-order valence-corrected chi connectivity index (χ1v) is 13.4. The molecule has 4 aliphatic carbocycles. The fraction of sp³-hybridized carbons (Fsp3) is 0.893. The van der Waals surface area contributed by atoms with E-state index in [4.69, 9.17) is 0 Å². The Balaban J connectivity index is 1.61. The average molecular weight is 495 g/mol. The highest BCUT2D eigenvalue weighted by Crippen LogP contribution is 2.67. The van der Waals surface area contributed by atoms with Crippen molar-refractivity contribution in [3.8, 4) is 0 Å². The van der Waals surface area contributed by atoms with Crippen molar-refractivity contribution in [3.63, 3.8) is 0 Å². The van der Waals surface area contributed by atoms with Crippen LogP contribution in [0.5, 0.6) is 0 Å². The summed E-state index contributed by atoms with van der Waals surface area (Å²) < 4.78 is 0. The third-order valence-corrected chi connectivity index (χ3v) is 10.5. The van der Waals surface area contributed by atoms with Gasteiger partial charge in [0.05, 0.1) is 35.6 Å². The standard InChI is InChI=1S/C28H46O7/c1-25(2,34)10-6-7-23(33)28(5,35)22-9-8-16-15-11-18(29)17-12-19(30)20(31)13-27(17,4)24(15)21(32)14-26(16,22)3/h11,16-17,19-24,30-35H,6-10,12-14H2,1-5H3. The lowest BCUT2D eigenvalue weighted by molar-refractivity contribution is -0.167. The molecule has 3 saturated carbocycles. The second-order valence-corrected chi connectivity index (χ2v) is 13.6. The maximum atomic E-state index is 13.3. The monoisotopic (exact) mass is 494 g/mol. The van der Waals surface area contributed by atoms with Crippen LogP contribution in [0.1, 0.15) is 86.0 Å². The SMILES string of the molecule is CC(C)(O)CCCC(O)C(C)(O)C1CCC2C3=CC(=O)C4CC(O)C(O)CC4(C)C3C(O)CC21C. The average Bonchev–Trinajstić information content (AvgIpc) is 3.06. The normalized spacial score (nSPS) is 46.2. The molecule has 4 aliphatic rings. The zero-order valence-corrected chi connectivity index (χ0v) is 21.9. The van der Waals surface area contributed by atoms with E-state index in [1.807, 2.05) is 6.92 Å². The van der Waals surface area contributed by atoms with Crippen LogP contribution in [-0.4, -0.2) is 72.0 Å². The summed E-state index contributed by atoms with van der Waals surface area (Å²) in [6.07, 6.45) is 2.02. The Morgan fingerprint density at radius 1 is 0.971 bits per heavy atom. The van der Waals surface area contributed by atoms with Crippen LogP contribution < -0.4 is 0 Å². The van der Waals surface area contributed by atoms with Gasteiger partial charge in [0, 0.05) is 11.8 Å². The predicted molar refractivity (Wildman–Crippen MR) is 131 cm³/mol. The summed E-state index contributed by atoms with van der Waals surface area (Å²) in [5.41, 5.74) is -2.38. The van der Waals surface area contributed by atoms with Crippen molar-refractivity contribution < 1.29 is 35.4 Å². The molecule has 3 fully saturated rings. The summed E-state index contributed by atoms with van der Waals surface area (Å²) in [5.74, 6) is -0.991. The van der Waals surface area contributed by atoms with Crippen LogP contribution in [0.2, 0.25) is 0 Å². The quantitative estimate of drug-likeness (QED) is 0.332. The first-order chi connectivity index (χ1) is 16.0. The van der Waals surface area contributed by atoms with E-state index in [0.29, 0.717) is 32.1 Å². The van der Waals surface area contributed by atoms with E-state index in [1.54, 1.807) is 26.8 Å². The second-order valence-electron chi connectivity index (χ2n) is 13.6. The Hall–Kier alpha value is -0.830. The summed E-state index contributed by atoms with van der Waals surface area (Å²) in [5, 5.41) is 64.9.